The van der Waals surface area contributed by atoms with Gasteiger partial charge in [-0.05, 0) is 39.7 Å². The van der Waals surface area contributed by atoms with E-state index in [4.69, 9.17) is 9.47 Å². The van der Waals surface area contributed by atoms with Crippen LogP contribution in [-0.4, -0.2) is 32.8 Å². The Hall–Kier alpha value is -1.85. The van der Waals surface area contributed by atoms with Gasteiger partial charge >= 0.3 is 0 Å². The Morgan fingerprint density at radius 1 is 1.13 bits per heavy atom. The Kier molecular flexibility index (Phi) is 7.10. The van der Waals surface area contributed by atoms with Crippen molar-refractivity contribution < 1.29 is 14.3 Å². The fourth-order valence-electron chi connectivity index (χ4n) is 2.05. The van der Waals surface area contributed by atoms with E-state index in [1.807, 2.05) is 18.2 Å². The first kappa shape index (κ1) is 17.5. The molecule has 2 aromatic carbocycles. The van der Waals surface area contributed by atoms with Crippen LogP contribution in [0.15, 0.2) is 53.0 Å². The minimum Gasteiger partial charge on any atom is -0.492 e. The standard InChI is InChI=1S/C18H20BrNO3/c1-22-12-10-20-18(21)15-7-8-17(16(19)13-15)23-11-9-14-5-3-2-4-6-14/h2-8,13H,9-12H2,1H3,(H,20,21). The summed E-state index contributed by atoms with van der Waals surface area (Å²) in [7, 11) is 1.60. The SMILES string of the molecule is COCCNC(=O)c1ccc(OCCc2ccccc2)c(Br)c1. The van der Waals surface area contributed by atoms with E-state index in [-0.39, 0.29) is 5.91 Å². The molecule has 0 bridgehead atoms. The van der Waals surface area contributed by atoms with Crippen molar-refractivity contribution in [3.05, 3.63) is 64.1 Å². The number of ether oxygens (including phenoxy) is 2. The zero-order valence-corrected chi connectivity index (χ0v) is 14.6. The molecule has 122 valence electrons. The number of nitrogens with one attached hydrogen (secondary N) is 1. The van der Waals surface area contributed by atoms with E-state index >= 15 is 0 Å². The van der Waals surface area contributed by atoms with Gasteiger partial charge in [0, 0.05) is 25.6 Å². The summed E-state index contributed by atoms with van der Waals surface area (Å²) in [6.45, 7) is 1.57. The molecular formula is C18H20BrNO3. The predicted octanol–water partition coefficient (Wildman–Crippen LogP) is 3.45. The summed E-state index contributed by atoms with van der Waals surface area (Å²) < 4.78 is 11.5. The van der Waals surface area contributed by atoms with Gasteiger partial charge in [-0.3, -0.25) is 4.79 Å². The molecule has 0 aromatic heterocycles. The van der Waals surface area contributed by atoms with Gasteiger partial charge in [-0.2, -0.15) is 0 Å². The Labute approximate surface area is 144 Å². The number of hydrogen-bond acceptors (Lipinski definition) is 3. The average molecular weight is 378 g/mol. The summed E-state index contributed by atoms with van der Waals surface area (Å²) in [5, 5.41) is 2.79. The van der Waals surface area contributed by atoms with Gasteiger partial charge < -0.3 is 14.8 Å². The number of carbonyl (C=O) groups excluding carboxylic acids is 1. The van der Waals surface area contributed by atoms with Crippen LogP contribution < -0.4 is 10.1 Å². The molecule has 4 nitrogen and oxygen atoms in total. The third-order valence-electron chi connectivity index (χ3n) is 3.28. The van der Waals surface area contributed by atoms with E-state index in [0.29, 0.717) is 25.3 Å². The molecule has 0 spiro atoms. The minimum atomic E-state index is -0.126. The molecule has 0 aliphatic rings. The van der Waals surface area contributed by atoms with Crippen LogP contribution >= 0.6 is 15.9 Å². The molecule has 0 heterocycles. The van der Waals surface area contributed by atoms with Crippen LogP contribution in [0.5, 0.6) is 5.75 Å². The number of methoxy groups -OCH3 is 1. The third kappa shape index (κ3) is 5.69. The van der Waals surface area contributed by atoms with Gasteiger partial charge in [-0.15, -0.1) is 0 Å². The molecular weight excluding hydrogens is 358 g/mol. The highest BCUT2D eigenvalue weighted by Gasteiger charge is 2.09. The second-order valence-electron chi connectivity index (χ2n) is 4.98. The molecule has 0 aliphatic carbocycles. The van der Waals surface area contributed by atoms with Crippen LogP contribution in [0.4, 0.5) is 0 Å². The largest absolute Gasteiger partial charge is 0.492 e. The van der Waals surface area contributed by atoms with Crippen LogP contribution in [0.25, 0.3) is 0 Å². The normalized spacial score (nSPS) is 10.3. The maximum Gasteiger partial charge on any atom is 0.251 e. The Bertz CT molecular complexity index is 631. The highest BCUT2D eigenvalue weighted by Crippen LogP contribution is 2.26. The highest BCUT2D eigenvalue weighted by atomic mass is 79.9. The number of amides is 1. The van der Waals surface area contributed by atoms with Crippen LogP contribution in [0.1, 0.15) is 15.9 Å². The summed E-state index contributed by atoms with van der Waals surface area (Å²) >= 11 is 3.45. The first-order chi connectivity index (χ1) is 11.2. The van der Waals surface area contributed by atoms with Crippen molar-refractivity contribution in [2.45, 2.75) is 6.42 Å². The number of halogens is 1. The van der Waals surface area contributed by atoms with E-state index in [1.54, 1.807) is 25.3 Å². The number of hydrogen-bond donors (Lipinski definition) is 1. The molecule has 1 N–H and O–H groups in total. The molecule has 5 heteroatoms. The van der Waals surface area contributed by atoms with Crippen molar-refractivity contribution in [3.8, 4) is 5.75 Å². The van der Waals surface area contributed by atoms with E-state index in [0.717, 1.165) is 16.6 Å². The molecule has 2 rings (SSSR count). The summed E-state index contributed by atoms with van der Waals surface area (Å²) in [6, 6.07) is 15.5. The van der Waals surface area contributed by atoms with Gasteiger partial charge in [-0.1, -0.05) is 30.3 Å². The molecule has 0 atom stereocenters. The lowest BCUT2D eigenvalue weighted by atomic mass is 10.2. The van der Waals surface area contributed by atoms with Crippen LogP contribution in [0.3, 0.4) is 0 Å². The molecule has 2 aromatic rings. The molecule has 0 fully saturated rings. The van der Waals surface area contributed by atoms with Crippen molar-refractivity contribution >= 4 is 21.8 Å². The van der Waals surface area contributed by atoms with Gasteiger partial charge in [0.05, 0.1) is 17.7 Å². The smallest absolute Gasteiger partial charge is 0.251 e. The Balaban J connectivity index is 1.87. The van der Waals surface area contributed by atoms with Crippen LogP contribution in [0.2, 0.25) is 0 Å². The molecule has 0 radical (unpaired) electrons. The maximum absolute atomic E-state index is 12.0. The van der Waals surface area contributed by atoms with Gasteiger partial charge in [0.2, 0.25) is 0 Å². The quantitative estimate of drug-likeness (QED) is 0.716. The van der Waals surface area contributed by atoms with Crippen molar-refractivity contribution in [3.63, 3.8) is 0 Å². The first-order valence-electron chi connectivity index (χ1n) is 7.44. The van der Waals surface area contributed by atoms with Gasteiger partial charge in [0.25, 0.3) is 5.91 Å². The van der Waals surface area contributed by atoms with Gasteiger partial charge in [-0.25, -0.2) is 0 Å². The van der Waals surface area contributed by atoms with Crippen LogP contribution in [-0.2, 0) is 11.2 Å². The highest BCUT2D eigenvalue weighted by molar-refractivity contribution is 9.10. The summed E-state index contributed by atoms with van der Waals surface area (Å²) in [5.41, 5.74) is 1.82. The number of carbonyl (C=O) groups is 1. The number of rotatable bonds is 8. The van der Waals surface area contributed by atoms with Crippen LogP contribution in [0, 0.1) is 0 Å². The summed E-state index contributed by atoms with van der Waals surface area (Å²) in [6.07, 6.45) is 0.840. The zero-order chi connectivity index (χ0) is 16.5. The van der Waals surface area contributed by atoms with E-state index in [9.17, 15) is 4.79 Å². The van der Waals surface area contributed by atoms with E-state index < -0.39 is 0 Å². The fraction of sp³-hybridized carbons (Fsp3) is 0.278. The van der Waals surface area contributed by atoms with Crippen molar-refractivity contribution in [2.24, 2.45) is 0 Å². The lowest BCUT2D eigenvalue weighted by Crippen LogP contribution is -2.26. The summed E-state index contributed by atoms with van der Waals surface area (Å²) in [4.78, 5) is 12.0. The zero-order valence-electron chi connectivity index (χ0n) is 13.0. The van der Waals surface area contributed by atoms with Crippen molar-refractivity contribution in [1.29, 1.82) is 0 Å². The van der Waals surface area contributed by atoms with Crippen molar-refractivity contribution in [1.82, 2.24) is 5.32 Å². The molecule has 0 saturated heterocycles. The van der Waals surface area contributed by atoms with Gasteiger partial charge in [0.1, 0.15) is 5.75 Å². The maximum atomic E-state index is 12.0. The molecule has 0 aliphatic heterocycles. The summed E-state index contributed by atoms with van der Waals surface area (Å²) in [5.74, 6) is 0.605. The topological polar surface area (TPSA) is 47.6 Å². The minimum absolute atomic E-state index is 0.126. The second-order valence-corrected chi connectivity index (χ2v) is 5.83. The first-order valence-corrected chi connectivity index (χ1v) is 8.23. The lowest BCUT2D eigenvalue weighted by molar-refractivity contribution is 0.0937. The molecule has 23 heavy (non-hydrogen) atoms. The lowest BCUT2D eigenvalue weighted by Gasteiger charge is -2.10. The van der Waals surface area contributed by atoms with Gasteiger partial charge in [0.15, 0.2) is 0 Å². The van der Waals surface area contributed by atoms with E-state index in [1.165, 1.54) is 5.56 Å². The molecule has 0 saturated carbocycles. The third-order valence-corrected chi connectivity index (χ3v) is 3.90. The monoisotopic (exact) mass is 377 g/mol. The van der Waals surface area contributed by atoms with E-state index in [2.05, 4.69) is 33.4 Å². The Morgan fingerprint density at radius 3 is 2.61 bits per heavy atom. The Morgan fingerprint density at radius 2 is 1.91 bits per heavy atom. The molecule has 1 amide bonds. The second kappa shape index (κ2) is 9.33. The fourth-order valence-corrected chi connectivity index (χ4v) is 2.54. The van der Waals surface area contributed by atoms with Crippen molar-refractivity contribution in [2.75, 3.05) is 26.9 Å². The number of benzene rings is 2. The average Bonchev–Trinajstić information content (AvgIpc) is 2.57. The predicted molar refractivity (Wildman–Crippen MR) is 94.0 cm³/mol. The molecule has 0 unspecified atom stereocenters.